The van der Waals surface area contributed by atoms with Crippen molar-refractivity contribution in [3.05, 3.63) is 11.7 Å². The van der Waals surface area contributed by atoms with Gasteiger partial charge in [-0.25, -0.2) is 5.43 Å². The van der Waals surface area contributed by atoms with Crippen LogP contribution in [0.3, 0.4) is 0 Å². The molecule has 0 radical (unpaired) electrons. The summed E-state index contributed by atoms with van der Waals surface area (Å²) < 4.78 is 4.81. The molecule has 0 saturated carbocycles. The van der Waals surface area contributed by atoms with Crippen LogP contribution < -0.4 is 11.3 Å². The second-order valence-electron chi connectivity index (χ2n) is 2.07. The Bertz CT molecular complexity index is 209. The smallest absolute Gasteiger partial charge is 0.244 e. The molecule has 0 saturated heterocycles. The summed E-state index contributed by atoms with van der Waals surface area (Å²) in [6.45, 7) is 3.60. The Morgan fingerprint density at radius 2 is 2.40 bits per heavy atom. The summed E-state index contributed by atoms with van der Waals surface area (Å²) in [5.41, 5.74) is 2.50. The normalized spacial score (nSPS) is 13.5. The number of aromatic nitrogens is 2. The van der Waals surface area contributed by atoms with Crippen LogP contribution in [0.2, 0.25) is 0 Å². The van der Waals surface area contributed by atoms with E-state index >= 15 is 0 Å². The third-order valence-corrected chi connectivity index (χ3v) is 1.16. The molecular weight excluding hydrogens is 132 g/mol. The Labute approximate surface area is 58.6 Å². The zero-order valence-electron chi connectivity index (χ0n) is 5.96. The lowest BCUT2D eigenvalue weighted by Gasteiger charge is -2.00. The molecule has 1 aromatic rings. The lowest BCUT2D eigenvalue weighted by atomic mass is 10.4. The molecule has 1 rings (SSSR count). The van der Waals surface area contributed by atoms with Crippen molar-refractivity contribution in [1.29, 1.82) is 0 Å². The summed E-state index contributed by atoms with van der Waals surface area (Å²) in [5.74, 6) is 6.27. The van der Waals surface area contributed by atoms with Crippen LogP contribution in [0.15, 0.2) is 4.52 Å². The number of rotatable bonds is 2. The maximum absolute atomic E-state index is 5.14. The molecule has 1 atom stereocenters. The van der Waals surface area contributed by atoms with Crippen LogP contribution in [0.1, 0.15) is 24.7 Å². The van der Waals surface area contributed by atoms with Crippen molar-refractivity contribution in [1.82, 2.24) is 15.6 Å². The van der Waals surface area contributed by atoms with E-state index in [1.54, 1.807) is 6.92 Å². The van der Waals surface area contributed by atoms with Crippen molar-refractivity contribution in [3.8, 4) is 0 Å². The van der Waals surface area contributed by atoms with E-state index in [2.05, 4.69) is 15.6 Å². The Kier molecular flexibility index (Phi) is 1.98. The van der Waals surface area contributed by atoms with E-state index in [1.165, 1.54) is 0 Å². The van der Waals surface area contributed by atoms with Gasteiger partial charge in [-0.1, -0.05) is 5.16 Å². The second kappa shape index (κ2) is 2.76. The average Bonchev–Trinajstić information content (AvgIpc) is 2.34. The van der Waals surface area contributed by atoms with E-state index in [4.69, 9.17) is 10.4 Å². The third kappa shape index (κ3) is 1.31. The number of aryl methyl sites for hydroxylation is 1. The van der Waals surface area contributed by atoms with Gasteiger partial charge in [0.2, 0.25) is 5.89 Å². The minimum Gasteiger partial charge on any atom is -0.338 e. The molecular formula is C5H10N4O. The summed E-state index contributed by atoms with van der Waals surface area (Å²) in [5, 5.41) is 3.60. The topological polar surface area (TPSA) is 77.0 Å². The molecule has 0 aliphatic heterocycles. The van der Waals surface area contributed by atoms with E-state index in [0.29, 0.717) is 11.7 Å². The Morgan fingerprint density at radius 1 is 1.70 bits per heavy atom. The number of nitrogens with one attached hydrogen (secondary N) is 1. The lowest BCUT2D eigenvalue weighted by molar-refractivity contribution is 0.339. The van der Waals surface area contributed by atoms with Gasteiger partial charge in [-0.05, 0) is 13.8 Å². The van der Waals surface area contributed by atoms with Crippen molar-refractivity contribution < 1.29 is 4.52 Å². The van der Waals surface area contributed by atoms with Gasteiger partial charge in [0.05, 0.1) is 6.04 Å². The Morgan fingerprint density at radius 3 is 2.80 bits per heavy atom. The van der Waals surface area contributed by atoms with Crippen molar-refractivity contribution in [2.75, 3.05) is 0 Å². The fourth-order valence-corrected chi connectivity index (χ4v) is 0.560. The van der Waals surface area contributed by atoms with E-state index in [0.717, 1.165) is 0 Å². The van der Waals surface area contributed by atoms with Gasteiger partial charge in [0, 0.05) is 0 Å². The summed E-state index contributed by atoms with van der Waals surface area (Å²) in [4.78, 5) is 3.96. The molecule has 0 spiro atoms. The van der Waals surface area contributed by atoms with Crippen LogP contribution in [-0.2, 0) is 0 Å². The zero-order valence-corrected chi connectivity index (χ0v) is 5.96. The third-order valence-electron chi connectivity index (χ3n) is 1.16. The molecule has 0 aliphatic carbocycles. The monoisotopic (exact) mass is 142 g/mol. The van der Waals surface area contributed by atoms with Crippen molar-refractivity contribution >= 4 is 0 Å². The van der Waals surface area contributed by atoms with Crippen LogP contribution in [0.5, 0.6) is 0 Å². The van der Waals surface area contributed by atoms with Gasteiger partial charge < -0.3 is 4.52 Å². The maximum atomic E-state index is 5.14. The van der Waals surface area contributed by atoms with Gasteiger partial charge in [0.1, 0.15) is 0 Å². The predicted molar refractivity (Wildman–Crippen MR) is 34.8 cm³/mol. The summed E-state index contributed by atoms with van der Waals surface area (Å²) >= 11 is 0. The second-order valence-corrected chi connectivity index (χ2v) is 2.07. The highest BCUT2D eigenvalue weighted by Crippen LogP contribution is 2.06. The highest BCUT2D eigenvalue weighted by Gasteiger charge is 2.09. The number of nitrogens with two attached hydrogens (primary N) is 1. The minimum atomic E-state index is -0.0822. The predicted octanol–water partition coefficient (Wildman–Crippen LogP) is -0.0977. The maximum Gasteiger partial charge on any atom is 0.244 e. The quantitative estimate of drug-likeness (QED) is 0.445. The van der Waals surface area contributed by atoms with Gasteiger partial charge >= 0.3 is 0 Å². The molecule has 10 heavy (non-hydrogen) atoms. The van der Waals surface area contributed by atoms with Gasteiger partial charge in [0.25, 0.3) is 0 Å². The lowest BCUT2D eigenvalue weighted by Crippen LogP contribution is -2.25. The van der Waals surface area contributed by atoms with E-state index in [9.17, 15) is 0 Å². The largest absolute Gasteiger partial charge is 0.338 e. The van der Waals surface area contributed by atoms with Crippen molar-refractivity contribution in [2.24, 2.45) is 5.84 Å². The molecule has 1 aromatic heterocycles. The SMILES string of the molecule is Cc1noc(C(C)NN)n1. The molecule has 1 unspecified atom stereocenters. The zero-order chi connectivity index (χ0) is 7.56. The summed E-state index contributed by atoms with van der Waals surface area (Å²) in [7, 11) is 0. The fourth-order valence-electron chi connectivity index (χ4n) is 0.560. The molecule has 0 amide bonds. The molecule has 5 nitrogen and oxygen atoms in total. The van der Waals surface area contributed by atoms with Crippen LogP contribution in [0.4, 0.5) is 0 Å². The highest BCUT2D eigenvalue weighted by atomic mass is 16.5. The molecule has 0 aliphatic rings. The number of hydrogen-bond donors (Lipinski definition) is 2. The first kappa shape index (κ1) is 7.17. The van der Waals surface area contributed by atoms with Crippen LogP contribution >= 0.6 is 0 Å². The minimum absolute atomic E-state index is 0.0822. The Hall–Kier alpha value is -0.940. The first-order chi connectivity index (χ1) is 4.74. The van der Waals surface area contributed by atoms with Crippen LogP contribution in [0.25, 0.3) is 0 Å². The van der Waals surface area contributed by atoms with Crippen LogP contribution in [0, 0.1) is 6.92 Å². The molecule has 0 aromatic carbocycles. The highest BCUT2D eigenvalue weighted by molar-refractivity contribution is 4.87. The number of hydrogen-bond acceptors (Lipinski definition) is 5. The fraction of sp³-hybridized carbons (Fsp3) is 0.600. The average molecular weight is 142 g/mol. The van der Waals surface area contributed by atoms with Crippen molar-refractivity contribution in [3.63, 3.8) is 0 Å². The van der Waals surface area contributed by atoms with Gasteiger partial charge in [-0.15, -0.1) is 0 Å². The first-order valence-electron chi connectivity index (χ1n) is 3.00. The molecule has 3 N–H and O–H groups in total. The molecule has 0 bridgehead atoms. The molecule has 5 heteroatoms. The number of hydrazine groups is 1. The van der Waals surface area contributed by atoms with Gasteiger partial charge in [-0.2, -0.15) is 4.98 Å². The van der Waals surface area contributed by atoms with E-state index in [1.807, 2.05) is 6.92 Å². The number of nitrogens with zero attached hydrogens (tertiary/aromatic N) is 2. The van der Waals surface area contributed by atoms with Gasteiger partial charge in [-0.3, -0.25) is 5.84 Å². The van der Waals surface area contributed by atoms with E-state index < -0.39 is 0 Å². The molecule has 0 fully saturated rings. The molecule has 1 heterocycles. The van der Waals surface area contributed by atoms with Gasteiger partial charge in [0.15, 0.2) is 5.82 Å². The first-order valence-corrected chi connectivity index (χ1v) is 3.00. The Balaban J connectivity index is 2.74. The van der Waals surface area contributed by atoms with E-state index in [-0.39, 0.29) is 6.04 Å². The molecule has 56 valence electrons. The standard InChI is InChI=1S/C5H10N4O/c1-3(8-6)5-7-4(2)9-10-5/h3,8H,6H2,1-2H3. The summed E-state index contributed by atoms with van der Waals surface area (Å²) in [6, 6.07) is -0.0822. The summed E-state index contributed by atoms with van der Waals surface area (Å²) in [6.07, 6.45) is 0. The van der Waals surface area contributed by atoms with Crippen LogP contribution in [-0.4, -0.2) is 10.1 Å². The van der Waals surface area contributed by atoms with Crippen molar-refractivity contribution in [2.45, 2.75) is 19.9 Å².